The predicted octanol–water partition coefficient (Wildman–Crippen LogP) is 10.3. The number of carbonyl (C=O) groups excluding carboxylic acids is 2. The number of allylic oxidation sites excluding steroid dienone is 2. The van der Waals surface area contributed by atoms with Crippen LogP contribution in [0.1, 0.15) is 31.8 Å². The molecule has 0 aliphatic heterocycles. The summed E-state index contributed by atoms with van der Waals surface area (Å²) in [6.07, 6.45) is 6.03. The minimum atomic E-state index is -0.202. The van der Waals surface area contributed by atoms with Gasteiger partial charge in [-0.15, -0.1) is 0 Å². The molecular weight excluding hydrogens is 1030 g/mol. The van der Waals surface area contributed by atoms with E-state index in [1.807, 2.05) is 97.1 Å². The molecule has 0 spiro atoms. The first-order valence-electron chi connectivity index (χ1n) is 16.3. The number of carbonyl (C=O) groups is 2. The third-order valence-corrected chi connectivity index (χ3v) is 7.42. The van der Waals surface area contributed by atoms with Crippen LogP contribution >= 0.6 is 0 Å². The standard InChI is InChI=1S/C16H10N2.2C15H12O2.2Pt/c1-3-11-17-15(5-1)13-7-9-14(10-8-13)16-6-2-4-12-18-16;2*16-14(12-7-3-1-4-8-12)11-15(17)13-9-5-2-6-10-13;;/h1-7,10-12H;2*1-11,16H;;/q-2;;;;/b;2*14-11-;;. The Balaban J connectivity index is 0.000000214. The molecule has 0 saturated heterocycles. The van der Waals surface area contributed by atoms with Crippen molar-refractivity contribution in [1.29, 1.82) is 0 Å². The molecule has 7 aromatic rings. The van der Waals surface area contributed by atoms with E-state index >= 15 is 0 Å². The predicted molar refractivity (Wildman–Crippen MR) is 206 cm³/mol. The molecule has 6 nitrogen and oxygen atoms in total. The van der Waals surface area contributed by atoms with Crippen LogP contribution < -0.4 is 0 Å². The van der Waals surface area contributed by atoms with E-state index in [1.54, 1.807) is 85.2 Å². The molecule has 0 atom stereocenters. The summed E-state index contributed by atoms with van der Waals surface area (Å²) in [6, 6.07) is 57.6. The molecule has 274 valence electrons. The molecule has 2 aromatic heterocycles. The molecule has 5 aromatic carbocycles. The Hall–Kier alpha value is -5.80. The molecule has 0 radical (unpaired) electrons. The molecule has 0 aliphatic rings. The number of aliphatic hydroxyl groups excluding tert-OH is 2. The third kappa shape index (κ3) is 13.3. The van der Waals surface area contributed by atoms with Crippen molar-refractivity contribution < 1.29 is 61.9 Å². The van der Waals surface area contributed by atoms with Gasteiger partial charge < -0.3 is 20.2 Å². The normalized spacial score (nSPS) is 10.4. The minimum Gasteiger partial charge on any atom is -0.507 e. The summed E-state index contributed by atoms with van der Waals surface area (Å²) in [5, 5.41) is 19.6. The first kappa shape index (κ1) is 42.6. The summed E-state index contributed by atoms with van der Waals surface area (Å²) >= 11 is 0. The fourth-order valence-electron chi connectivity index (χ4n) is 4.73. The first-order valence-corrected chi connectivity index (χ1v) is 16.3. The first-order chi connectivity index (χ1) is 25.5. The van der Waals surface area contributed by atoms with Gasteiger partial charge in [-0.1, -0.05) is 157 Å². The van der Waals surface area contributed by atoms with Crippen LogP contribution in [0.4, 0.5) is 0 Å². The number of rotatable bonds is 8. The Labute approximate surface area is 344 Å². The molecule has 54 heavy (non-hydrogen) atoms. The number of benzene rings is 5. The summed E-state index contributed by atoms with van der Waals surface area (Å²) in [7, 11) is 0. The molecule has 7 rings (SSSR count). The number of aliphatic hydroxyl groups is 2. The van der Waals surface area contributed by atoms with E-state index in [4.69, 9.17) is 0 Å². The molecule has 2 N–H and O–H groups in total. The Morgan fingerprint density at radius 1 is 0.426 bits per heavy atom. The van der Waals surface area contributed by atoms with E-state index in [-0.39, 0.29) is 65.2 Å². The largest absolute Gasteiger partial charge is 0.507 e. The van der Waals surface area contributed by atoms with Crippen molar-refractivity contribution in [3.05, 3.63) is 229 Å². The molecule has 0 unspecified atom stereocenters. The fraction of sp³-hybridized carbons (Fsp3) is 0. The zero-order valence-corrected chi connectivity index (χ0v) is 33.3. The van der Waals surface area contributed by atoms with Gasteiger partial charge in [0.1, 0.15) is 11.5 Å². The zero-order valence-electron chi connectivity index (χ0n) is 28.7. The summed E-state index contributed by atoms with van der Waals surface area (Å²) in [6.45, 7) is 0. The van der Waals surface area contributed by atoms with Crippen LogP contribution in [0.3, 0.4) is 0 Å². The monoisotopic (exact) mass is 1070 g/mol. The maximum atomic E-state index is 11.8. The van der Waals surface area contributed by atoms with Gasteiger partial charge in [-0.3, -0.25) is 9.59 Å². The minimum absolute atomic E-state index is 0. The van der Waals surface area contributed by atoms with Crippen molar-refractivity contribution in [2.45, 2.75) is 0 Å². The van der Waals surface area contributed by atoms with E-state index in [2.05, 4.69) is 22.1 Å². The van der Waals surface area contributed by atoms with Crippen LogP contribution in [0.25, 0.3) is 34.0 Å². The maximum Gasteiger partial charge on any atom is 0.189 e. The van der Waals surface area contributed by atoms with Crippen molar-refractivity contribution in [2.75, 3.05) is 0 Å². The van der Waals surface area contributed by atoms with Gasteiger partial charge in [-0.25, -0.2) is 35.4 Å². The molecule has 0 bridgehead atoms. The molecule has 2 heterocycles. The second kappa shape index (κ2) is 23.0. The van der Waals surface area contributed by atoms with Crippen LogP contribution in [-0.2, 0) is 42.1 Å². The van der Waals surface area contributed by atoms with Crippen molar-refractivity contribution in [3.63, 3.8) is 0 Å². The number of hydrogen-bond donors (Lipinski definition) is 2. The zero-order chi connectivity index (χ0) is 36.4. The number of pyridine rings is 2. The smallest absolute Gasteiger partial charge is 0.189 e. The number of hydrogen-bond acceptors (Lipinski definition) is 6. The molecule has 0 aliphatic carbocycles. The molecule has 0 fully saturated rings. The van der Waals surface area contributed by atoms with Crippen molar-refractivity contribution in [3.8, 4) is 22.5 Å². The topological polar surface area (TPSA) is 100 Å². The Morgan fingerprint density at radius 2 is 0.722 bits per heavy atom. The van der Waals surface area contributed by atoms with Crippen molar-refractivity contribution >= 4 is 23.1 Å². The van der Waals surface area contributed by atoms with Gasteiger partial charge in [0, 0.05) is 88.9 Å². The van der Waals surface area contributed by atoms with Gasteiger partial charge in [0.05, 0.1) is 0 Å². The maximum absolute atomic E-state index is 11.8. The number of nitrogens with zero attached hydrogens (tertiary/aromatic N) is 2. The van der Waals surface area contributed by atoms with E-state index in [0.717, 1.165) is 22.5 Å². The van der Waals surface area contributed by atoms with E-state index in [0.29, 0.717) is 22.3 Å². The van der Waals surface area contributed by atoms with Gasteiger partial charge in [0.15, 0.2) is 11.6 Å². The van der Waals surface area contributed by atoms with E-state index < -0.39 is 0 Å². The summed E-state index contributed by atoms with van der Waals surface area (Å²) in [5.74, 6) is -0.433. The third-order valence-electron chi connectivity index (χ3n) is 7.42. The van der Waals surface area contributed by atoms with Crippen LogP contribution in [0.5, 0.6) is 0 Å². The van der Waals surface area contributed by atoms with Crippen molar-refractivity contribution in [1.82, 2.24) is 9.97 Å². The Bertz CT molecular complexity index is 2040. The molecule has 0 amide bonds. The second-order valence-corrected chi connectivity index (χ2v) is 11.1. The molecule has 0 saturated carbocycles. The molecular formula is C46H34N2O4Pt2-2. The van der Waals surface area contributed by atoms with Gasteiger partial charge in [0.2, 0.25) is 0 Å². The number of ketones is 2. The summed E-state index contributed by atoms with van der Waals surface area (Å²) in [4.78, 5) is 32.2. The summed E-state index contributed by atoms with van der Waals surface area (Å²) < 4.78 is 0. The Morgan fingerprint density at radius 3 is 1.00 bits per heavy atom. The van der Waals surface area contributed by atoms with Crippen LogP contribution in [-0.4, -0.2) is 31.7 Å². The number of aromatic nitrogens is 2. The van der Waals surface area contributed by atoms with Crippen LogP contribution in [0.2, 0.25) is 0 Å². The van der Waals surface area contributed by atoms with Gasteiger partial charge in [0.25, 0.3) is 0 Å². The van der Waals surface area contributed by atoms with Crippen molar-refractivity contribution in [2.24, 2.45) is 0 Å². The van der Waals surface area contributed by atoms with Crippen LogP contribution in [0.15, 0.2) is 194 Å². The van der Waals surface area contributed by atoms with E-state index in [1.165, 1.54) is 12.2 Å². The Kier molecular flexibility index (Phi) is 18.1. The van der Waals surface area contributed by atoms with E-state index in [9.17, 15) is 19.8 Å². The quantitative estimate of drug-likeness (QED) is 0.0681. The average molecular weight is 1070 g/mol. The van der Waals surface area contributed by atoms with Gasteiger partial charge in [-0.2, -0.15) is 0 Å². The molecule has 8 heteroatoms. The second-order valence-electron chi connectivity index (χ2n) is 11.1. The SMILES string of the molecule is O=C(/C=C(\O)c1ccccc1)c1ccccc1.O=C(/C=C(\O)c1ccccc1)c1ccccc1.[Pt].[Pt].[c-]1cc(-c2ccccn2)[c-]cc1-c1ccccn1. The fourth-order valence-corrected chi connectivity index (χ4v) is 4.73. The van der Waals surface area contributed by atoms with Gasteiger partial charge >= 0.3 is 0 Å². The summed E-state index contributed by atoms with van der Waals surface area (Å²) in [5.41, 5.74) is 6.09. The average Bonchev–Trinajstić information content (AvgIpc) is 3.23. The van der Waals surface area contributed by atoms with Crippen LogP contribution in [0, 0.1) is 12.1 Å². The van der Waals surface area contributed by atoms with Gasteiger partial charge in [-0.05, 0) is 12.1 Å².